The number of hydrogen-bond donors (Lipinski definition) is 2. The number of para-hydroxylation sites is 1. The Bertz CT molecular complexity index is 1610. The van der Waals surface area contributed by atoms with E-state index in [4.69, 9.17) is 16.3 Å². The predicted molar refractivity (Wildman–Crippen MR) is 154 cm³/mol. The van der Waals surface area contributed by atoms with E-state index >= 15 is 0 Å². The molecule has 0 bridgehead atoms. The maximum atomic E-state index is 13.1. The van der Waals surface area contributed by atoms with Crippen molar-refractivity contribution in [3.05, 3.63) is 107 Å². The first-order valence-electron chi connectivity index (χ1n) is 12.8. The van der Waals surface area contributed by atoms with Gasteiger partial charge in [-0.25, -0.2) is 0 Å². The van der Waals surface area contributed by atoms with Crippen LogP contribution < -0.4 is 10.1 Å². The van der Waals surface area contributed by atoms with Gasteiger partial charge in [0.1, 0.15) is 5.75 Å². The summed E-state index contributed by atoms with van der Waals surface area (Å²) in [6.45, 7) is 2.01. The van der Waals surface area contributed by atoms with Gasteiger partial charge in [-0.05, 0) is 53.9 Å². The number of fused-ring (bicyclic) bond motifs is 2. The number of halogens is 1. The second kappa shape index (κ2) is 12.0. The molecule has 0 saturated heterocycles. The van der Waals surface area contributed by atoms with E-state index in [0.717, 1.165) is 32.9 Å². The number of benzene rings is 3. The van der Waals surface area contributed by atoms with Crippen LogP contribution in [0.2, 0.25) is 5.02 Å². The summed E-state index contributed by atoms with van der Waals surface area (Å²) in [6.07, 6.45) is 4.20. The topological polar surface area (TPSA) is 87.3 Å². The van der Waals surface area contributed by atoms with Gasteiger partial charge in [0.25, 0.3) is 5.91 Å². The van der Waals surface area contributed by atoms with E-state index in [-0.39, 0.29) is 24.5 Å². The van der Waals surface area contributed by atoms with Gasteiger partial charge in [0.05, 0.1) is 11.6 Å². The van der Waals surface area contributed by atoms with Gasteiger partial charge in [0.2, 0.25) is 5.91 Å². The molecule has 5 aromatic rings. The zero-order valence-electron chi connectivity index (χ0n) is 21.6. The van der Waals surface area contributed by atoms with Crippen LogP contribution in [0.5, 0.6) is 5.75 Å². The molecule has 0 aliphatic heterocycles. The number of aromatic nitrogens is 2. The van der Waals surface area contributed by atoms with Gasteiger partial charge < -0.3 is 19.9 Å². The van der Waals surface area contributed by atoms with E-state index in [2.05, 4.69) is 15.3 Å². The Morgan fingerprint density at radius 2 is 1.77 bits per heavy atom. The summed E-state index contributed by atoms with van der Waals surface area (Å²) in [7, 11) is 0. The first kappa shape index (κ1) is 26.3. The van der Waals surface area contributed by atoms with Gasteiger partial charge in [0.15, 0.2) is 6.61 Å². The average Bonchev–Trinajstić information content (AvgIpc) is 3.35. The number of carbonyl (C=O) groups excluding carboxylic acids is 2. The Balaban J connectivity index is 1.34. The SMILES string of the molecule is CC(=O)N(Cc1ccccc1Cl)CC(Cc1c[nH]c2ccccc12)NC(=O)COc1cccc2ncccc12. The predicted octanol–water partition coefficient (Wildman–Crippen LogP) is 5.52. The summed E-state index contributed by atoms with van der Waals surface area (Å²) < 4.78 is 5.90. The molecule has 8 heteroatoms. The molecule has 0 spiro atoms. The van der Waals surface area contributed by atoms with Crippen molar-refractivity contribution in [2.75, 3.05) is 13.2 Å². The van der Waals surface area contributed by atoms with E-state index in [1.807, 2.05) is 79.0 Å². The van der Waals surface area contributed by atoms with Crippen molar-refractivity contribution in [3.63, 3.8) is 0 Å². The molecule has 2 aromatic heterocycles. The first-order chi connectivity index (χ1) is 19.0. The normalized spacial score (nSPS) is 11.8. The van der Waals surface area contributed by atoms with Crippen LogP contribution in [0.3, 0.4) is 0 Å². The molecule has 3 aromatic carbocycles. The fraction of sp³-hybridized carbons (Fsp3) is 0.194. The molecule has 7 nitrogen and oxygen atoms in total. The van der Waals surface area contributed by atoms with Crippen molar-refractivity contribution in [2.24, 2.45) is 0 Å². The third-order valence-electron chi connectivity index (χ3n) is 6.68. The molecule has 1 unspecified atom stereocenters. The second-order valence-corrected chi connectivity index (χ2v) is 9.84. The van der Waals surface area contributed by atoms with Gasteiger partial charge in [-0.1, -0.05) is 54.1 Å². The minimum absolute atomic E-state index is 0.104. The number of amides is 2. The van der Waals surface area contributed by atoms with Crippen molar-refractivity contribution in [2.45, 2.75) is 25.9 Å². The molecule has 39 heavy (non-hydrogen) atoms. The molecule has 2 N–H and O–H groups in total. The van der Waals surface area contributed by atoms with Gasteiger partial charge >= 0.3 is 0 Å². The number of nitrogens with one attached hydrogen (secondary N) is 2. The third-order valence-corrected chi connectivity index (χ3v) is 7.04. The maximum absolute atomic E-state index is 13.1. The number of rotatable bonds is 10. The Labute approximate surface area is 231 Å². The van der Waals surface area contributed by atoms with E-state index in [1.165, 1.54) is 6.92 Å². The van der Waals surface area contributed by atoms with Crippen LogP contribution in [0.25, 0.3) is 21.8 Å². The quantitative estimate of drug-likeness (QED) is 0.244. The summed E-state index contributed by atoms with van der Waals surface area (Å²) >= 11 is 6.38. The summed E-state index contributed by atoms with van der Waals surface area (Å²) in [4.78, 5) is 35.1. The molecular formula is C31H29ClN4O3. The van der Waals surface area contributed by atoms with Crippen LogP contribution >= 0.6 is 11.6 Å². The number of H-pyrrole nitrogens is 1. The molecular weight excluding hydrogens is 512 g/mol. The molecule has 1 atom stereocenters. The lowest BCUT2D eigenvalue weighted by atomic mass is 10.0. The zero-order valence-corrected chi connectivity index (χ0v) is 22.3. The summed E-state index contributed by atoms with van der Waals surface area (Å²) in [5.41, 5.74) is 3.71. The number of nitrogens with zero attached hydrogens (tertiary/aromatic N) is 2. The Morgan fingerprint density at radius 1 is 0.974 bits per heavy atom. The Kier molecular flexibility index (Phi) is 8.08. The number of carbonyl (C=O) groups is 2. The smallest absolute Gasteiger partial charge is 0.258 e. The van der Waals surface area contributed by atoms with Gasteiger partial charge in [-0.2, -0.15) is 0 Å². The Hall–Kier alpha value is -4.36. The van der Waals surface area contributed by atoms with Crippen molar-refractivity contribution in [1.29, 1.82) is 0 Å². The lowest BCUT2D eigenvalue weighted by Crippen LogP contribution is -2.47. The maximum Gasteiger partial charge on any atom is 0.258 e. The standard InChI is InChI=1S/C31H29ClN4O3/c1-21(37)36(18-22-8-2-4-11-27(22)32)19-24(16-23-17-34-28-12-5-3-9-25(23)28)35-31(38)20-39-30-14-6-13-29-26(30)10-7-15-33-29/h2-15,17,24,34H,16,18-20H2,1H3,(H,35,38). The number of hydrogen-bond acceptors (Lipinski definition) is 4. The number of pyridine rings is 1. The van der Waals surface area contributed by atoms with E-state index < -0.39 is 0 Å². The summed E-state index contributed by atoms with van der Waals surface area (Å²) in [6, 6.07) is 24.4. The molecule has 0 fully saturated rings. The molecule has 0 aliphatic rings. The summed E-state index contributed by atoms with van der Waals surface area (Å²) in [5.74, 6) is 0.211. The lowest BCUT2D eigenvalue weighted by molar-refractivity contribution is -0.131. The van der Waals surface area contributed by atoms with E-state index in [0.29, 0.717) is 30.3 Å². The fourth-order valence-electron chi connectivity index (χ4n) is 4.74. The molecule has 2 amide bonds. The van der Waals surface area contributed by atoms with Crippen molar-refractivity contribution in [1.82, 2.24) is 20.2 Å². The molecule has 0 radical (unpaired) electrons. The highest BCUT2D eigenvalue weighted by molar-refractivity contribution is 6.31. The van der Waals surface area contributed by atoms with Gasteiger partial charge in [0, 0.05) is 53.7 Å². The monoisotopic (exact) mass is 540 g/mol. The molecule has 2 heterocycles. The Morgan fingerprint density at radius 3 is 2.62 bits per heavy atom. The van der Waals surface area contributed by atoms with Crippen molar-refractivity contribution < 1.29 is 14.3 Å². The first-order valence-corrected chi connectivity index (χ1v) is 13.2. The largest absolute Gasteiger partial charge is 0.483 e. The number of aromatic amines is 1. The minimum atomic E-state index is -0.360. The van der Waals surface area contributed by atoms with Crippen molar-refractivity contribution in [3.8, 4) is 5.75 Å². The van der Waals surface area contributed by atoms with Crippen LogP contribution in [-0.2, 0) is 22.6 Å². The second-order valence-electron chi connectivity index (χ2n) is 9.43. The average molecular weight is 541 g/mol. The van der Waals surface area contributed by atoms with Gasteiger partial charge in [-0.3, -0.25) is 14.6 Å². The van der Waals surface area contributed by atoms with Crippen molar-refractivity contribution >= 4 is 45.2 Å². The highest BCUT2D eigenvalue weighted by Crippen LogP contribution is 2.24. The highest BCUT2D eigenvalue weighted by atomic mass is 35.5. The van der Waals surface area contributed by atoms with Crippen LogP contribution in [0.15, 0.2) is 91.3 Å². The van der Waals surface area contributed by atoms with E-state index in [9.17, 15) is 9.59 Å². The van der Waals surface area contributed by atoms with Crippen LogP contribution in [0.4, 0.5) is 0 Å². The molecule has 0 saturated carbocycles. The summed E-state index contributed by atoms with van der Waals surface area (Å²) in [5, 5.41) is 5.62. The molecule has 5 rings (SSSR count). The highest BCUT2D eigenvalue weighted by Gasteiger charge is 2.22. The zero-order chi connectivity index (χ0) is 27.2. The lowest BCUT2D eigenvalue weighted by Gasteiger charge is -2.28. The van der Waals surface area contributed by atoms with Gasteiger partial charge in [-0.15, -0.1) is 0 Å². The van der Waals surface area contributed by atoms with Crippen LogP contribution in [0.1, 0.15) is 18.1 Å². The van der Waals surface area contributed by atoms with Crippen LogP contribution in [-0.4, -0.2) is 45.9 Å². The molecule has 0 aliphatic carbocycles. The number of ether oxygens (including phenoxy) is 1. The third kappa shape index (κ3) is 6.38. The molecule has 198 valence electrons. The van der Waals surface area contributed by atoms with Crippen LogP contribution in [0, 0.1) is 0 Å². The fourth-order valence-corrected chi connectivity index (χ4v) is 4.94. The minimum Gasteiger partial charge on any atom is -0.483 e. The van der Waals surface area contributed by atoms with E-state index in [1.54, 1.807) is 17.2 Å².